The number of aryl methyl sites for hydroxylation is 1. The molecule has 8 heteroatoms. The highest BCUT2D eigenvalue weighted by atomic mass is 35.5. The lowest BCUT2D eigenvalue weighted by Gasteiger charge is -2.08. The van der Waals surface area contributed by atoms with E-state index in [1.54, 1.807) is 12.1 Å². The van der Waals surface area contributed by atoms with Crippen molar-refractivity contribution in [3.8, 4) is 5.69 Å². The topological polar surface area (TPSA) is 76.0 Å². The van der Waals surface area contributed by atoms with Crippen LogP contribution in [0.5, 0.6) is 0 Å². The first-order valence-electron chi connectivity index (χ1n) is 9.95. The van der Waals surface area contributed by atoms with Crippen LogP contribution in [0.15, 0.2) is 54.6 Å². The van der Waals surface area contributed by atoms with Crippen LogP contribution < -0.4 is 10.6 Å². The summed E-state index contributed by atoms with van der Waals surface area (Å²) in [6.45, 7) is 1.92. The molecule has 156 valence electrons. The number of thiophene rings is 1. The fourth-order valence-electron chi connectivity index (χ4n) is 3.40. The molecule has 0 unspecified atom stereocenters. The highest BCUT2D eigenvalue weighted by molar-refractivity contribution is 7.20. The molecule has 1 fully saturated rings. The van der Waals surface area contributed by atoms with E-state index in [4.69, 9.17) is 11.6 Å². The molecule has 4 aromatic rings. The van der Waals surface area contributed by atoms with Crippen molar-refractivity contribution in [1.29, 1.82) is 0 Å². The van der Waals surface area contributed by atoms with Crippen LogP contribution in [0.3, 0.4) is 0 Å². The van der Waals surface area contributed by atoms with Gasteiger partial charge in [-0.25, -0.2) is 4.68 Å². The summed E-state index contributed by atoms with van der Waals surface area (Å²) in [5.74, 6) is -0.0444. The van der Waals surface area contributed by atoms with Gasteiger partial charge in [0.15, 0.2) is 0 Å². The van der Waals surface area contributed by atoms with E-state index in [1.165, 1.54) is 11.3 Å². The average Bonchev–Trinajstić information content (AvgIpc) is 3.43. The van der Waals surface area contributed by atoms with Crippen LogP contribution >= 0.6 is 22.9 Å². The quantitative estimate of drug-likeness (QED) is 0.412. The van der Waals surface area contributed by atoms with Crippen molar-refractivity contribution in [3.05, 3.63) is 70.2 Å². The number of nitrogens with zero attached hydrogens (tertiary/aromatic N) is 2. The fraction of sp³-hybridized carbons (Fsp3) is 0.174. The largest absolute Gasteiger partial charge is 0.326 e. The molecule has 1 aliphatic rings. The lowest BCUT2D eigenvalue weighted by Crippen LogP contribution is -2.14. The molecule has 2 aromatic heterocycles. The van der Waals surface area contributed by atoms with E-state index in [2.05, 4.69) is 15.7 Å². The number of amides is 2. The summed E-state index contributed by atoms with van der Waals surface area (Å²) in [6.07, 6.45) is 1.89. The van der Waals surface area contributed by atoms with Gasteiger partial charge in [0.2, 0.25) is 5.91 Å². The number of carbonyl (C=O) groups excluding carboxylic acids is 2. The van der Waals surface area contributed by atoms with E-state index in [0.717, 1.165) is 34.4 Å². The van der Waals surface area contributed by atoms with E-state index < -0.39 is 0 Å². The van der Waals surface area contributed by atoms with Gasteiger partial charge in [-0.1, -0.05) is 23.7 Å². The van der Waals surface area contributed by atoms with E-state index in [1.807, 2.05) is 54.1 Å². The third kappa shape index (κ3) is 4.06. The molecule has 31 heavy (non-hydrogen) atoms. The molecule has 0 aliphatic heterocycles. The maximum Gasteiger partial charge on any atom is 0.265 e. The van der Waals surface area contributed by atoms with Crippen LogP contribution in [0.2, 0.25) is 5.02 Å². The van der Waals surface area contributed by atoms with Crippen molar-refractivity contribution in [2.24, 2.45) is 5.92 Å². The Kier molecular flexibility index (Phi) is 5.00. The Bertz CT molecular complexity index is 1320. The predicted molar refractivity (Wildman–Crippen MR) is 124 cm³/mol. The molecule has 6 nitrogen and oxygen atoms in total. The third-order valence-electron chi connectivity index (χ3n) is 5.16. The Morgan fingerprint density at radius 2 is 1.81 bits per heavy atom. The minimum absolute atomic E-state index is 0.0361. The minimum atomic E-state index is -0.205. The zero-order valence-corrected chi connectivity index (χ0v) is 18.3. The van der Waals surface area contributed by atoms with Crippen LogP contribution in [0.25, 0.3) is 15.9 Å². The molecule has 5 rings (SSSR count). The van der Waals surface area contributed by atoms with Crippen molar-refractivity contribution in [2.75, 3.05) is 10.6 Å². The van der Waals surface area contributed by atoms with Gasteiger partial charge < -0.3 is 10.6 Å². The lowest BCUT2D eigenvalue weighted by atomic mass is 10.2. The second-order valence-corrected chi connectivity index (χ2v) is 9.07. The Morgan fingerprint density at radius 1 is 1.06 bits per heavy atom. The number of fused-ring (bicyclic) bond motifs is 1. The molecule has 2 heterocycles. The van der Waals surface area contributed by atoms with Gasteiger partial charge in [0.25, 0.3) is 5.91 Å². The van der Waals surface area contributed by atoms with Gasteiger partial charge >= 0.3 is 0 Å². The van der Waals surface area contributed by atoms with Crippen LogP contribution in [-0.4, -0.2) is 21.6 Å². The molecule has 0 saturated heterocycles. The summed E-state index contributed by atoms with van der Waals surface area (Å²) in [7, 11) is 0. The monoisotopic (exact) mass is 450 g/mol. The molecule has 2 aromatic carbocycles. The highest BCUT2D eigenvalue weighted by Crippen LogP contribution is 2.32. The van der Waals surface area contributed by atoms with Crippen LogP contribution in [0.1, 0.15) is 28.2 Å². The SMILES string of the molecule is Cc1nn(-c2cccc(Cl)c2)c2sc(C(=O)Nc3cccc(NC(=O)C4CC4)c3)cc12. The molecular weight excluding hydrogens is 432 g/mol. The lowest BCUT2D eigenvalue weighted by molar-refractivity contribution is -0.117. The number of halogens is 1. The summed E-state index contributed by atoms with van der Waals surface area (Å²) >= 11 is 7.51. The fourth-order valence-corrected chi connectivity index (χ4v) is 4.66. The number of nitrogens with one attached hydrogen (secondary N) is 2. The van der Waals surface area contributed by atoms with Crippen LogP contribution in [0, 0.1) is 12.8 Å². The zero-order valence-electron chi connectivity index (χ0n) is 16.7. The number of carbonyl (C=O) groups is 2. The van der Waals surface area contributed by atoms with Gasteiger partial charge in [-0.15, -0.1) is 11.3 Å². The smallest absolute Gasteiger partial charge is 0.265 e. The summed E-state index contributed by atoms with van der Waals surface area (Å²) in [4.78, 5) is 26.4. The van der Waals surface area contributed by atoms with E-state index in [-0.39, 0.29) is 17.7 Å². The summed E-state index contributed by atoms with van der Waals surface area (Å²) in [5.41, 5.74) is 3.00. The van der Waals surface area contributed by atoms with Crippen molar-refractivity contribution >= 4 is 56.3 Å². The van der Waals surface area contributed by atoms with Crippen molar-refractivity contribution < 1.29 is 9.59 Å². The van der Waals surface area contributed by atoms with Gasteiger partial charge in [-0.2, -0.15) is 5.10 Å². The number of anilines is 2. The zero-order chi connectivity index (χ0) is 21.5. The molecule has 0 spiro atoms. The van der Waals surface area contributed by atoms with Gasteiger partial charge in [0.05, 0.1) is 16.3 Å². The normalized spacial score (nSPS) is 13.4. The molecule has 2 N–H and O–H groups in total. The third-order valence-corrected chi connectivity index (χ3v) is 6.50. The van der Waals surface area contributed by atoms with Crippen LogP contribution in [0.4, 0.5) is 11.4 Å². The van der Waals surface area contributed by atoms with Crippen LogP contribution in [-0.2, 0) is 4.79 Å². The Morgan fingerprint density at radius 3 is 2.55 bits per heavy atom. The molecule has 1 aliphatic carbocycles. The van der Waals surface area contributed by atoms with Crippen molar-refractivity contribution in [2.45, 2.75) is 19.8 Å². The first-order chi connectivity index (χ1) is 15.0. The summed E-state index contributed by atoms with van der Waals surface area (Å²) in [6, 6.07) is 16.5. The Hall–Kier alpha value is -3.16. The van der Waals surface area contributed by atoms with Crippen molar-refractivity contribution in [3.63, 3.8) is 0 Å². The Labute approximate surface area is 187 Å². The number of benzene rings is 2. The van der Waals surface area contributed by atoms with E-state index in [9.17, 15) is 9.59 Å². The Balaban J connectivity index is 1.39. The van der Waals surface area contributed by atoms with E-state index >= 15 is 0 Å². The molecule has 2 amide bonds. The first kappa shape index (κ1) is 19.8. The maximum absolute atomic E-state index is 12.9. The highest BCUT2D eigenvalue weighted by Gasteiger charge is 2.29. The number of aromatic nitrogens is 2. The van der Waals surface area contributed by atoms with Gasteiger partial charge in [-0.3, -0.25) is 9.59 Å². The second-order valence-electron chi connectivity index (χ2n) is 7.61. The molecule has 0 bridgehead atoms. The van der Waals surface area contributed by atoms with Gasteiger partial charge in [0, 0.05) is 27.7 Å². The molecule has 0 atom stereocenters. The molecular formula is C23H19ClN4O2S. The number of rotatable bonds is 5. The maximum atomic E-state index is 12.9. The van der Waals surface area contributed by atoms with Crippen molar-refractivity contribution in [1.82, 2.24) is 9.78 Å². The standard InChI is InChI=1S/C23H19ClN4O2S/c1-13-19-12-20(31-23(19)28(27-13)18-7-2-4-15(24)10-18)22(30)26-17-6-3-5-16(11-17)25-21(29)14-8-9-14/h2-7,10-12,14H,8-9H2,1H3,(H,25,29)(H,26,30). The second kappa shape index (κ2) is 7.83. The minimum Gasteiger partial charge on any atom is -0.326 e. The van der Waals surface area contributed by atoms with Gasteiger partial charge in [-0.05, 0) is 62.2 Å². The molecule has 0 radical (unpaired) electrons. The number of hydrogen-bond donors (Lipinski definition) is 2. The first-order valence-corrected chi connectivity index (χ1v) is 11.1. The number of hydrogen-bond acceptors (Lipinski definition) is 4. The summed E-state index contributed by atoms with van der Waals surface area (Å²) < 4.78 is 1.81. The van der Waals surface area contributed by atoms with E-state index in [0.29, 0.717) is 21.3 Å². The predicted octanol–water partition coefficient (Wildman–Crippen LogP) is 5.65. The average molecular weight is 451 g/mol. The molecule has 1 saturated carbocycles. The summed E-state index contributed by atoms with van der Waals surface area (Å²) in [5, 5.41) is 12.0. The van der Waals surface area contributed by atoms with Gasteiger partial charge in [0.1, 0.15) is 4.83 Å².